The van der Waals surface area contributed by atoms with E-state index in [-0.39, 0.29) is 5.91 Å². The van der Waals surface area contributed by atoms with Gasteiger partial charge in [0, 0.05) is 18.2 Å². The van der Waals surface area contributed by atoms with Crippen LogP contribution in [0.2, 0.25) is 0 Å². The molecule has 3 nitrogen and oxygen atoms in total. The molecule has 0 spiro atoms. The van der Waals surface area contributed by atoms with E-state index in [9.17, 15) is 9.90 Å². The highest BCUT2D eigenvalue weighted by atomic mass is 16.3. The van der Waals surface area contributed by atoms with Crippen molar-refractivity contribution in [1.82, 2.24) is 4.90 Å². The van der Waals surface area contributed by atoms with Crippen molar-refractivity contribution >= 4 is 5.91 Å². The minimum absolute atomic E-state index is 0.177. The highest BCUT2D eigenvalue weighted by molar-refractivity contribution is 5.91. The largest absolute Gasteiger partial charge is 0.363 e. The van der Waals surface area contributed by atoms with Crippen molar-refractivity contribution in [3.05, 3.63) is 82.9 Å². The third-order valence-corrected chi connectivity index (χ3v) is 4.07. The Morgan fingerprint density at radius 3 is 2.09 bits per heavy atom. The number of benzene rings is 2. The van der Waals surface area contributed by atoms with Crippen LogP contribution in [0, 0.1) is 13.8 Å². The summed E-state index contributed by atoms with van der Waals surface area (Å²) >= 11 is 0. The molecule has 1 amide bonds. The molecular weight excluding hydrogens is 274 g/mol. The monoisotopic (exact) mass is 293 g/mol. The van der Waals surface area contributed by atoms with Crippen LogP contribution >= 0.6 is 0 Å². The summed E-state index contributed by atoms with van der Waals surface area (Å²) in [4.78, 5) is 13.7. The first-order valence-corrected chi connectivity index (χ1v) is 7.35. The Labute approximate surface area is 130 Å². The summed E-state index contributed by atoms with van der Waals surface area (Å²) < 4.78 is 0. The summed E-state index contributed by atoms with van der Waals surface area (Å²) in [6.45, 7) is 4.39. The molecule has 0 fully saturated rings. The second-order valence-corrected chi connectivity index (χ2v) is 5.84. The zero-order chi connectivity index (χ0) is 15.7. The lowest BCUT2D eigenvalue weighted by atomic mass is 10.0. The molecule has 1 N–H and O–H groups in total. The molecule has 1 aliphatic rings. The summed E-state index contributed by atoms with van der Waals surface area (Å²) in [5.74, 6) is -0.177. The van der Waals surface area contributed by atoms with Gasteiger partial charge in [0.1, 0.15) is 0 Å². The number of carbonyl (C=O) groups excluding carboxylic acids is 1. The van der Waals surface area contributed by atoms with E-state index in [1.165, 1.54) is 16.5 Å². The molecule has 112 valence electrons. The van der Waals surface area contributed by atoms with E-state index in [0.29, 0.717) is 12.1 Å². The van der Waals surface area contributed by atoms with Crippen LogP contribution < -0.4 is 0 Å². The van der Waals surface area contributed by atoms with E-state index in [1.807, 2.05) is 62.4 Å². The predicted octanol–water partition coefficient (Wildman–Crippen LogP) is 3.05. The Hall–Kier alpha value is -2.39. The smallest absolute Gasteiger partial charge is 0.249 e. The number of carbonyl (C=O) groups is 1. The van der Waals surface area contributed by atoms with Gasteiger partial charge in [-0.2, -0.15) is 0 Å². The molecule has 0 unspecified atom stereocenters. The van der Waals surface area contributed by atoms with Gasteiger partial charge in [-0.05, 0) is 25.5 Å². The maximum absolute atomic E-state index is 12.2. The number of rotatable bonds is 3. The quantitative estimate of drug-likeness (QED) is 0.945. The van der Waals surface area contributed by atoms with Crippen LogP contribution in [-0.4, -0.2) is 15.9 Å². The summed E-state index contributed by atoms with van der Waals surface area (Å²) in [6.07, 6.45) is 3.00. The number of hydrogen-bond acceptors (Lipinski definition) is 2. The van der Waals surface area contributed by atoms with Gasteiger partial charge in [-0.1, -0.05) is 59.7 Å². The van der Waals surface area contributed by atoms with Crippen LogP contribution in [0.5, 0.6) is 0 Å². The van der Waals surface area contributed by atoms with Gasteiger partial charge in [0.05, 0.1) is 0 Å². The zero-order valence-electron chi connectivity index (χ0n) is 12.8. The van der Waals surface area contributed by atoms with Crippen molar-refractivity contribution in [3.63, 3.8) is 0 Å². The summed E-state index contributed by atoms with van der Waals surface area (Å²) in [5, 5.41) is 11.0. The van der Waals surface area contributed by atoms with Crippen LogP contribution in [0.15, 0.2) is 60.7 Å². The lowest BCUT2D eigenvalue weighted by Gasteiger charge is -2.33. The molecule has 3 heteroatoms. The van der Waals surface area contributed by atoms with E-state index in [2.05, 4.69) is 0 Å². The molecule has 0 saturated carbocycles. The second kappa shape index (κ2) is 5.43. The Morgan fingerprint density at radius 1 is 0.955 bits per heavy atom. The fourth-order valence-corrected chi connectivity index (χ4v) is 2.66. The van der Waals surface area contributed by atoms with Gasteiger partial charge in [-0.25, -0.2) is 0 Å². The average Bonchev–Trinajstić information content (AvgIpc) is 2.79. The van der Waals surface area contributed by atoms with Crippen molar-refractivity contribution in [1.29, 1.82) is 0 Å². The minimum Gasteiger partial charge on any atom is -0.363 e. The van der Waals surface area contributed by atoms with E-state index in [1.54, 1.807) is 6.08 Å². The average molecular weight is 293 g/mol. The van der Waals surface area contributed by atoms with Crippen LogP contribution in [0.1, 0.15) is 22.3 Å². The normalized spacial score (nSPS) is 20.7. The van der Waals surface area contributed by atoms with Gasteiger partial charge in [0.15, 0.2) is 5.72 Å². The first-order valence-electron chi connectivity index (χ1n) is 7.35. The molecule has 1 atom stereocenters. The molecule has 0 bridgehead atoms. The minimum atomic E-state index is -1.38. The van der Waals surface area contributed by atoms with Crippen molar-refractivity contribution in [2.24, 2.45) is 0 Å². The molecule has 1 heterocycles. The maximum Gasteiger partial charge on any atom is 0.249 e. The highest BCUT2D eigenvalue weighted by Crippen LogP contribution is 2.33. The summed E-state index contributed by atoms with van der Waals surface area (Å²) in [6, 6.07) is 15.6. The first kappa shape index (κ1) is 14.5. The molecule has 0 saturated heterocycles. The molecular formula is C19H19NO2. The molecule has 22 heavy (non-hydrogen) atoms. The Kier molecular flexibility index (Phi) is 3.59. The fraction of sp³-hybridized carbons (Fsp3) is 0.211. The fourth-order valence-electron chi connectivity index (χ4n) is 2.66. The van der Waals surface area contributed by atoms with Crippen LogP contribution in [0.4, 0.5) is 0 Å². The Balaban J connectivity index is 1.92. The van der Waals surface area contributed by atoms with Crippen LogP contribution in [0.3, 0.4) is 0 Å². The zero-order valence-corrected chi connectivity index (χ0v) is 12.8. The molecule has 1 aliphatic heterocycles. The van der Waals surface area contributed by atoms with Crippen LogP contribution in [-0.2, 0) is 17.1 Å². The number of hydrogen-bond donors (Lipinski definition) is 1. The number of aryl methyl sites for hydroxylation is 2. The third kappa shape index (κ3) is 2.55. The number of aliphatic hydroxyl groups is 1. The molecule has 0 aliphatic carbocycles. The van der Waals surface area contributed by atoms with Crippen molar-refractivity contribution < 1.29 is 9.90 Å². The lowest BCUT2D eigenvalue weighted by Crippen LogP contribution is -2.43. The standard InChI is InChI=1S/C19H19NO2/c1-14-3-7-16(8-4-14)13-20-18(21)11-12-19(20,22)17-9-5-15(2)6-10-17/h3-12,22H,13H2,1-2H3/t19-/m0/s1. The number of amides is 1. The molecule has 0 aromatic heterocycles. The van der Waals surface area contributed by atoms with Gasteiger partial charge >= 0.3 is 0 Å². The van der Waals surface area contributed by atoms with Gasteiger partial charge < -0.3 is 5.11 Å². The van der Waals surface area contributed by atoms with E-state index < -0.39 is 5.72 Å². The summed E-state index contributed by atoms with van der Waals surface area (Å²) in [5.41, 5.74) is 2.60. The van der Waals surface area contributed by atoms with Crippen molar-refractivity contribution in [3.8, 4) is 0 Å². The molecule has 3 rings (SSSR count). The van der Waals surface area contributed by atoms with E-state index in [4.69, 9.17) is 0 Å². The summed E-state index contributed by atoms with van der Waals surface area (Å²) in [7, 11) is 0. The van der Waals surface area contributed by atoms with Crippen molar-refractivity contribution in [2.75, 3.05) is 0 Å². The van der Waals surface area contributed by atoms with Gasteiger partial charge in [0.25, 0.3) is 0 Å². The SMILES string of the molecule is Cc1ccc(CN2C(=O)C=C[C@]2(O)c2ccc(C)cc2)cc1. The predicted molar refractivity (Wildman–Crippen MR) is 85.9 cm³/mol. The van der Waals surface area contributed by atoms with Crippen molar-refractivity contribution in [2.45, 2.75) is 26.1 Å². The van der Waals surface area contributed by atoms with Gasteiger partial charge in [-0.3, -0.25) is 9.69 Å². The van der Waals surface area contributed by atoms with Crippen LogP contribution in [0.25, 0.3) is 0 Å². The third-order valence-electron chi connectivity index (χ3n) is 4.07. The van der Waals surface area contributed by atoms with Gasteiger partial charge in [-0.15, -0.1) is 0 Å². The topological polar surface area (TPSA) is 40.5 Å². The maximum atomic E-state index is 12.2. The molecule has 0 radical (unpaired) electrons. The number of nitrogens with zero attached hydrogens (tertiary/aromatic N) is 1. The van der Waals surface area contributed by atoms with E-state index in [0.717, 1.165) is 11.1 Å². The Bertz CT molecular complexity index is 716. The molecule has 2 aromatic carbocycles. The van der Waals surface area contributed by atoms with E-state index >= 15 is 0 Å². The molecule has 2 aromatic rings. The highest BCUT2D eigenvalue weighted by Gasteiger charge is 2.40. The first-order chi connectivity index (χ1) is 10.5. The lowest BCUT2D eigenvalue weighted by molar-refractivity contribution is -0.144. The Morgan fingerprint density at radius 2 is 1.50 bits per heavy atom. The van der Waals surface area contributed by atoms with Gasteiger partial charge in [0.2, 0.25) is 5.91 Å². The second-order valence-electron chi connectivity index (χ2n) is 5.84.